The van der Waals surface area contributed by atoms with Gasteiger partial charge in [0.15, 0.2) is 5.96 Å². The van der Waals surface area contributed by atoms with E-state index in [9.17, 15) is 0 Å². The van der Waals surface area contributed by atoms with Crippen LogP contribution >= 0.6 is 22.9 Å². The fraction of sp³-hybridized carbons (Fsp3) is 0.667. The van der Waals surface area contributed by atoms with Crippen LogP contribution in [0.25, 0.3) is 0 Å². The van der Waals surface area contributed by atoms with Crippen LogP contribution in [0.5, 0.6) is 0 Å². The van der Waals surface area contributed by atoms with Gasteiger partial charge < -0.3 is 15.1 Å². The number of aliphatic imine (C=N–C) groups is 1. The van der Waals surface area contributed by atoms with E-state index in [0.717, 1.165) is 60.2 Å². The number of aromatic nitrogens is 3. The van der Waals surface area contributed by atoms with Gasteiger partial charge in [0.25, 0.3) is 0 Å². The molecule has 0 bridgehead atoms. The number of nitrogens with one attached hydrogen (secondary N) is 1. The van der Waals surface area contributed by atoms with Crippen molar-refractivity contribution in [3.05, 3.63) is 21.9 Å². The highest BCUT2D eigenvalue weighted by Gasteiger charge is 2.22. The Balaban J connectivity index is 1.52. The molecule has 0 atom stereocenters. The largest absolute Gasteiger partial charge is 0.350 e. The Morgan fingerprint density at radius 3 is 2.52 bits per heavy atom. The predicted octanol–water partition coefficient (Wildman–Crippen LogP) is 2.75. The van der Waals surface area contributed by atoms with E-state index in [1.807, 2.05) is 7.05 Å². The third kappa shape index (κ3) is 4.95. The van der Waals surface area contributed by atoms with Gasteiger partial charge in [-0.1, -0.05) is 27.7 Å². The highest BCUT2D eigenvalue weighted by atomic mass is 32.1. The lowest BCUT2D eigenvalue weighted by Gasteiger charge is -2.36. The quantitative estimate of drug-likeness (QED) is 0.621. The number of rotatable bonds is 4. The third-order valence-electron chi connectivity index (χ3n) is 4.55. The van der Waals surface area contributed by atoms with E-state index >= 15 is 0 Å². The lowest BCUT2D eigenvalue weighted by atomic mass is 9.93. The molecule has 0 aliphatic carbocycles. The van der Waals surface area contributed by atoms with Crippen LogP contribution in [0.15, 0.2) is 10.4 Å². The summed E-state index contributed by atoms with van der Waals surface area (Å²) >= 11 is 3.21. The van der Waals surface area contributed by atoms with Crippen molar-refractivity contribution in [1.82, 2.24) is 24.6 Å². The molecule has 2 aromatic rings. The zero-order valence-corrected chi connectivity index (χ0v) is 18.5. The average molecular weight is 408 g/mol. The minimum Gasteiger partial charge on any atom is -0.350 e. The van der Waals surface area contributed by atoms with E-state index in [-0.39, 0.29) is 5.41 Å². The van der Waals surface area contributed by atoms with Crippen LogP contribution in [0.4, 0.5) is 5.13 Å². The monoisotopic (exact) mass is 407 g/mol. The standard InChI is InChI=1S/C18H29N7S2/c1-6-14-22-17(27-23-14)25-9-7-24(8-10-25)16(19-5)20-11-15-21-13(12-26-15)18(2,3)4/h12H,6-11H2,1-5H3,(H,19,20). The second kappa shape index (κ2) is 8.52. The molecule has 9 heteroatoms. The van der Waals surface area contributed by atoms with Gasteiger partial charge in [-0.25, -0.2) is 9.97 Å². The Labute approximate surface area is 169 Å². The summed E-state index contributed by atoms with van der Waals surface area (Å²) in [5.74, 6) is 1.88. The Morgan fingerprint density at radius 2 is 1.96 bits per heavy atom. The maximum Gasteiger partial charge on any atom is 0.205 e. The van der Waals surface area contributed by atoms with Gasteiger partial charge in [-0.3, -0.25) is 4.99 Å². The fourth-order valence-electron chi connectivity index (χ4n) is 2.85. The first-order valence-electron chi connectivity index (χ1n) is 9.38. The maximum atomic E-state index is 4.76. The van der Waals surface area contributed by atoms with Crippen molar-refractivity contribution < 1.29 is 0 Å². The van der Waals surface area contributed by atoms with Gasteiger partial charge in [0.2, 0.25) is 5.13 Å². The second-order valence-corrected chi connectivity index (χ2v) is 9.27. The number of aryl methyl sites for hydroxylation is 1. The Morgan fingerprint density at radius 1 is 1.22 bits per heavy atom. The van der Waals surface area contributed by atoms with E-state index in [2.05, 4.69) is 62.5 Å². The number of anilines is 1. The van der Waals surface area contributed by atoms with E-state index in [4.69, 9.17) is 4.98 Å². The van der Waals surface area contributed by atoms with Gasteiger partial charge in [0, 0.05) is 62.0 Å². The summed E-state index contributed by atoms with van der Waals surface area (Å²) in [4.78, 5) is 18.4. The molecule has 3 rings (SSSR count). The highest BCUT2D eigenvalue weighted by molar-refractivity contribution is 7.10. The van der Waals surface area contributed by atoms with E-state index < -0.39 is 0 Å². The summed E-state index contributed by atoms with van der Waals surface area (Å²) in [6.07, 6.45) is 0.890. The average Bonchev–Trinajstić information content (AvgIpc) is 3.32. The minimum absolute atomic E-state index is 0.0923. The van der Waals surface area contributed by atoms with Crippen molar-refractivity contribution in [2.75, 3.05) is 38.1 Å². The SMILES string of the molecule is CCc1nsc(N2CCN(C(=NC)NCc3nc(C(C)(C)C)cs3)CC2)n1. The summed E-state index contributed by atoms with van der Waals surface area (Å²) in [6, 6.07) is 0. The Bertz CT molecular complexity index is 767. The van der Waals surface area contributed by atoms with Gasteiger partial charge in [-0.05, 0) is 0 Å². The number of nitrogens with zero attached hydrogens (tertiary/aromatic N) is 6. The van der Waals surface area contributed by atoms with Crippen LogP contribution in [0, 0.1) is 0 Å². The second-order valence-electron chi connectivity index (χ2n) is 7.60. The summed E-state index contributed by atoms with van der Waals surface area (Å²) < 4.78 is 4.40. The van der Waals surface area contributed by atoms with Crippen LogP contribution in [0.2, 0.25) is 0 Å². The molecule has 7 nitrogen and oxygen atoms in total. The summed E-state index contributed by atoms with van der Waals surface area (Å²) in [5, 5.41) is 7.76. The lowest BCUT2D eigenvalue weighted by Crippen LogP contribution is -2.52. The maximum absolute atomic E-state index is 4.76. The van der Waals surface area contributed by atoms with Crippen molar-refractivity contribution in [3.8, 4) is 0 Å². The molecule has 1 saturated heterocycles. The topological polar surface area (TPSA) is 69.5 Å². The zero-order chi connectivity index (χ0) is 19.4. The number of guanidine groups is 1. The minimum atomic E-state index is 0.0923. The van der Waals surface area contributed by atoms with Crippen LogP contribution in [-0.4, -0.2) is 58.4 Å². The molecule has 1 aliphatic rings. The summed E-state index contributed by atoms with van der Waals surface area (Å²) in [7, 11) is 1.84. The van der Waals surface area contributed by atoms with Crippen molar-refractivity contribution in [2.24, 2.45) is 4.99 Å². The fourth-order valence-corrected chi connectivity index (χ4v) is 4.61. The van der Waals surface area contributed by atoms with E-state index in [1.54, 1.807) is 11.3 Å². The van der Waals surface area contributed by atoms with Gasteiger partial charge >= 0.3 is 0 Å². The molecule has 148 valence electrons. The Hall–Kier alpha value is -1.74. The molecule has 1 N–H and O–H groups in total. The number of thiazole rings is 1. The van der Waals surface area contributed by atoms with Gasteiger partial charge in [-0.15, -0.1) is 11.3 Å². The van der Waals surface area contributed by atoms with Gasteiger partial charge in [0.05, 0.1) is 12.2 Å². The summed E-state index contributed by atoms with van der Waals surface area (Å²) in [6.45, 7) is 13.1. The van der Waals surface area contributed by atoms with Crippen LogP contribution < -0.4 is 10.2 Å². The van der Waals surface area contributed by atoms with Crippen molar-refractivity contribution in [3.63, 3.8) is 0 Å². The van der Waals surface area contributed by atoms with Crippen molar-refractivity contribution in [1.29, 1.82) is 0 Å². The Kier molecular flexibility index (Phi) is 6.31. The zero-order valence-electron chi connectivity index (χ0n) is 16.8. The molecule has 0 spiro atoms. The molecule has 0 radical (unpaired) electrons. The smallest absolute Gasteiger partial charge is 0.205 e. The first kappa shape index (κ1) is 20.0. The number of hydrogen-bond acceptors (Lipinski definition) is 7. The van der Waals surface area contributed by atoms with E-state index in [0.29, 0.717) is 6.54 Å². The molecule has 0 amide bonds. The first-order chi connectivity index (χ1) is 12.9. The molecule has 1 fully saturated rings. The van der Waals surface area contributed by atoms with Gasteiger partial charge in [0.1, 0.15) is 10.8 Å². The first-order valence-corrected chi connectivity index (χ1v) is 11.0. The van der Waals surface area contributed by atoms with Gasteiger partial charge in [-0.2, -0.15) is 4.37 Å². The summed E-state index contributed by atoms with van der Waals surface area (Å²) in [5.41, 5.74) is 1.24. The lowest BCUT2D eigenvalue weighted by molar-refractivity contribution is 0.372. The highest BCUT2D eigenvalue weighted by Crippen LogP contribution is 2.24. The van der Waals surface area contributed by atoms with Crippen molar-refractivity contribution >= 4 is 34.0 Å². The predicted molar refractivity (Wildman–Crippen MR) is 114 cm³/mol. The molecule has 0 saturated carbocycles. The molecule has 0 aromatic carbocycles. The third-order valence-corrected chi connectivity index (χ3v) is 6.22. The van der Waals surface area contributed by atoms with Crippen LogP contribution in [0.3, 0.4) is 0 Å². The number of hydrogen-bond donors (Lipinski definition) is 1. The molecular weight excluding hydrogens is 378 g/mol. The molecule has 0 unspecified atom stereocenters. The molecule has 1 aliphatic heterocycles. The number of piperazine rings is 1. The van der Waals surface area contributed by atoms with Crippen LogP contribution in [-0.2, 0) is 18.4 Å². The normalized spacial score (nSPS) is 16.1. The molecule has 27 heavy (non-hydrogen) atoms. The molecule has 3 heterocycles. The molecular formula is C18H29N7S2. The molecule has 2 aromatic heterocycles. The van der Waals surface area contributed by atoms with E-state index in [1.165, 1.54) is 11.5 Å². The van der Waals surface area contributed by atoms with Crippen molar-refractivity contribution in [2.45, 2.75) is 46.1 Å². The van der Waals surface area contributed by atoms with Crippen LogP contribution in [0.1, 0.15) is 44.2 Å².